The van der Waals surface area contributed by atoms with Crippen molar-refractivity contribution in [3.63, 3.8) is 0 Å². The summed E-state index contributed by atoms with van der Waals surface area (Å²) < 4.78 is 0. The van der Waals surface area contributed by atoms with E-state index in [9.17, 15) is 0 Å². The highest BCUT2D eigenvalue weighted by Crippen LogP contribution is 2.59. The summed E-state index contributed by atoms with van der Waals surface area (Å²) >= 11 is 0. The van der Waals surface area contributed by atoms with Crippen LogP contribution in [0.25, 0.3) is 121 Å². The molecule has 0 spiro atoms. The molecule has 0 aromatic heterocycles. The van der Waals surface area contributed by atoms with E-state index in [1.54, 1.807) is 0 Å². The summed E-state index contributed by atoms with van der Waals surface area (Å²) in [5.74, 6) is 0. The summed E-state index contributed by atoms with van der Waals surface area (Å²) in [5.41, 5.74) is 22.2. The van der Waals surface area contributed by atoms with E-state index in [1.807, 2.05) is 0 Å². The highest BCUT2D eigenvalue weighted by atomic mass is 14.3. The van der Waals surface area contributed by atoms with Crippen LogP contribution in [0.15, 0.2) is 188 Å². The summed E-state index contributed by atoms with van der Waals surface area (Å²) in [4.78, 5) is 0. The van der Waals surface area contributed by atoms with E-state index in [0.717, 1.165) is 0 Å². The molecule has 0 heteroatoms. The lowest BCUT2D eigenvalue weighted by molar-refractivity contribution is 0.590. The van der Waals surface area contributed by atoms with Gasteiger partial charge >= 0.3 is 0 Å². The second-order valence-corrected chi connectivity index (χ2v) is 17.1. The lowest BCUT2D eigenvalue weighted by Gasteiger charge is -2.21. The third kappa shape index (κ3) is 4.69. The van der Waals surface area contributed by atoms with Gasteiger partial charge in [-0.1, -0.05) is 197 Å². The van der Waals surface area contributed by atoms with Crippen molar-refractivity contribution in [2.45, 2.75) is 26.2 Å². The zero-order valence-corrected chi connectivity index (χ0v) is 32.9. The van der Waals surface area contributed by atoms with E-state index < -0.39 is 0 Å². The average Bonchev–Trinajstić information content (AvgIpc) is 3.77. The first kappa shape index (κ1) is 33.2. The van der Waals surface area contributed by atoms with Crippen molar-refractivity contribution in [3.8, 4) is 89.0 Å². The van der Waals surface area contributed by atoms with Crippen LogP contribution in [-0.4, -0.2) is 0 Å². The first-order chi connectivity index (χ1) is 28.4. The van der Waals surface area contributed by atoms with Crippen molar-refractivity contribution in [2.75, 3.05) is 0 Å². The van der Waals surface area contributed by atoms with Gasteiger partial charge in [-0.05, 0) is 144 Å². The van der Waals surface area contributed by atoms with E-state index in [-0.39, 0.29) is 5.41 Å². The molecule has 12 rings (SSSR count). The van der Waals surface area contributed by atoms with Crippen LogP contribution in [0.3, 0.4) is 0 Å². The molecule has 0 atom stereocenters. The third-order valence-electron chi connectivity index (χ3n) is 12.9. The lowest BCUT2D eigenvalue weighted by atomic mass is 9.81. The maximum absolute atomic E-state index is 2.49. The fourth-order valence-corrected chi connectivity index (χ4v) is 10.3. The zero-order chi connectivity index (χ0) is 38.7. The predicted octanol–water partition coefficient (Wildman–Crippen LogP) is 16.4. The molecule has 0 unspecified atom stereocenters. The Morgan fingerprint density at radius 1 is 0.259 bits per heavy atom. The Kier molecular flexibility index (Phi) is 7.00. The van der Waals surface area contributed by atoms with Gasteiger partial charge in [-0.3, -0.25) is 0 Å². The number of benzene rings is 10. The molecule has 0 nitrogen and oxygen atoms in total. The topological polar surface area (TPSA) is 0 Å². The van der Waals surface area contributed by atoms with E-state index in [0.29, 0.717) is 0 Å². The molecular formula is C58H40. The predicted molar refractivity (Wildman–Crippen MR) is 248 cm³/mol. The Morgan fingerprint density at radius 3 is 1.38 bits per heavy atom. The second kappa shape index (κ2) is 12.2. The van der Waals surface area contributed by atoms with Gasteiger partial charge in [0, 0.05) is 0 Å². The molecule has 10 aromatic rings. The molecule has 0 fully saturated rings. The Balaban J connectivity index is 1.17. The molecule has 2 aliphatic rings. The average molecular weight is 737 g/mol. The fourth-order valence-electron chi connectivity index (χ4n) is 10.3. The minimum atomic E-state index is 0.0836. The van der Waals surface area contributed by atoms with Crippen LogP contribution < -0.4 is 0 Å². The summed E-state index contributed by atoms with van der Waals surface area (Å²) in [6, 6.07) is 70.7. The summed E-state index contributed by atoms with van der Waals surface area (Å²) in [5, 5.41) is 7.84. The standard InChI is InChI=1S/C58H40/c1-58(2,3)39-26-28-42-46-31-29-41(44-21-13-23-45(54(44)46)50(42)34-39)38-25-27-47-51(33-38)53(37-19-11-6-12-20-37)56-48-24-14-22-43-40(35-15-7-4-8-16-35)30-32-49(55(43)48)57(56)52(47)36-17-9-5-10-18-36/h4-34H,1-3H3. The number of fused-ring (bicyclic) bond motifs is 7. The van der Waals surface area contributed by atoms with Crippen LogP contribution in [0.2, 0.25) is 0 Å². The number of hydrogen-bond acceptors (Lipinski definition) is 0. The van der Waals surface area contributed by atoms with Gasteiger partial charge < -0.3 is 0 Å². The van der Waals surface area contributed by atoms with Gasteiger partial charge in [0.2, 0.25) is 0 Å². The SMILES string of the molecule is CC(C)(C)c1ccc2c(c1)-c1cccc3c(-c4ccc5c(-c6ccccc6)c6c(c(-c7ccccc7)c5c4)-c4cccc5c(-c7ccccc7)ccc-6c45)ccc-2c13. The minimum absolute atomic E-state index is 0.0836. The van der Waals surface area contributed by atoms with Crippen molar-refractivity contribution < 1.29 is 0 Å². The zero-order valence-electron chi connectivity index (χ0n) is 32.9. The van der Waals surface area contributed by atoms with Gasteiger partial charge in [-0.15, -0.1) is 0 Å². The van der Waals surface area contributed by atoms with Gasteiger partial charge in [-0.2, -0.15) is 0 Å². The second-order valence-electron chi connectivity index (χ2n) is 17.1. The van der Waals surface area contributed by atoms with Crippen LogP contribution in [0, 0.1) is 0 Å². The van der Waals surface area contributed by atoms with E-state index in [4.69, 9.17) is 0 Å². The van der Waals surface area contributed by atoms with Crippen molar-refractivity contribution in [2.24, 2.45) is 0 Å². The molecule has 58 heavy (non-hydrogen) atoms. The van der Waals surface area contributed by atoms with Gasteiger partial charge in [-0.25, -0.2) is 0 Å². The maximum Gasteiger partial charge on any atom is -0.000741 e. The molecule has 0 amide bonds. The summed E-state index contributed by atoms with van der Waals surface area (Å²) in [7, 11) is 0. The molecule has 2 aliphatic carbocycles. The van der Waals surface area contributed by atoms with E-state index in [2.05, 4.69) is 209 Å². The Hall–Kier alpha value is -7.02. The maximum atomic E-state index is 2.49. The highest BCUT2D eigenvalue weighted by molar-refractivity contribution is 6.29. The third-order valence-corrected chi connectivity index (χ3v) is 12.9. The molecular weight excluding hydrogens is 697 g/mol. The van der Waals surface area contributed by atoms with Crippen molar-refractivity contribution in [1.82, 2.24) is 0 Å². The van der Waals surface area contributed by atoms with Gasteiger partial charge in [0.25, 0.3) is 0 Å². The molecule has 0 saturated carbocycles. The highest BCUT2D eigenvalue weighted by Gasteiger charge is 2.32. The largest absolute Gasteiger partial charge is 0.0622 e. The molecule has 0 heterocycles. The first-order valence-corrected chi connectivity index (χ1v) is 20.5. The van der Waals surface area contributed by atoms with Crippen molar-refractivity contribution in [3.05, 3.63) is 194 Å². The molecule has 0 N–H and O–H groups in total. The molecule has 0 aliphatic heterocycles. The van der Waals surface area contributed by atoms with Crippen LogP contribution in [0.4, 0.5) is 0 Å². The van der Waals surface area contributed by atoms with Crippen LogP contribution in [0.1, 0.15) is 26.3 Å². The van der Waals surface area contributed by atoms with Crippen LogP contribution in [-0.2, 0) is 5.41 Å². The first-order valence-electron chi connectivity index (χ1n) is 20.5. The Bertz CT molecular complexity index is 3330. The smallest absolute Gasteiger partial charge is 0.000741 e. The fraction of sp³-hybridized carbons (Fsp3) is 0.0690. The van der Waals surface area contributed by atoms with Gasteiger partial charge in [0.15, 0.2) is 0 Å². The number of rotatable bonds is 4. The van der Waals surface area contributed by atoms with Gasteiger partial charge in [0.05, 0.1) is 0 Å². The minimum Gasteiger partial charge on any atom is -0.0622 e. The monoisotopic (exact) mass is 736 g/mol. The van der Waals surface area contributed by atoms with E-state index in [1.165, 1.54) is 127 Å². The van der Waals surface area contributed by atoms with Crippen molar-refractivity contribution >= 4 is 32.3 Å². The van der Waals surface area contributed by atoms with Gasteiger partial charge in [0.1, 0.15) is 0 Å². The molecule has 272 valence electrons. The Labute approximate surface area is 339 Å². The van der Waals surface area contributed by atoms with Crippen LogP contribution >= 0.6 is 0 Å². The van der Waals surface area contributed by atoms with E-state index >= 15 is 0 Å². The molecule has 0 saturated heterocycles. The van der Waals surface area contributed by atoms with Crippen molar-refractivity contribution in [1.29, 1.82) is 0 Å². The van der Waals surface area contributed by atoms with Crippen LogP contribution in [0.5, 0.6) is 0 Å². The molecule has 0 radical (unpaired) electrons. The Morgan fingerprint density at radius 2 is 0.741 bits per heavy atom. The normalized spacial score (nSPS) is 12.4. The number of hydrogen-bond donors (Lipinski definition) is 0. The quantitative estimate of drug-likeness (QED) is 0.169. The molecule has 0 bridgehead atoms. The molecule has 10 aromatic carbocycles. The lowest BCUT2D eigenvalue weighted by Crippen LogP contribution is -2.10. The summed E-state index contributed by atoms with van der Waals surface area (Å²) in [6.45, 7) is 6.91. The summed E-state index contributed by atoms with van der Waals surface area (Å²) in [6.07, 6.45) is 0.